The Morgan fingerprint density at radius 2 is 1.70 bits per heavy atom. The molecule has 3 heterocycles. The zero-order valence-corrected chi connectivity index (χ0v) is 18.9. The molecule has 0 fully saturated rings. The number of primary amides is 1. The van der Waals surface area contributed by atoms with E-state index in [1.54, 1.807) is 13.8 Å². The molecule has 0 aliphatic rings. The highest BCUT2D eigenvalue weighted by molar-refractivity contribution is 7.21. The Balaban J connectivity index is 2.05. The molecule has 8 nitrogen and oxygen atoms in total. The summed E-state index contributed by atoms with van der Waals surface area (Å²) in [7, 11) is 0. The fraction of sp³-hybridized carbons (Fsp3) is 0.300. The number of thiophene rings is 2. The fourth-order valence-electron chi connectivity index (χ4n) is 3.19. The Bertz CT molecular complexity index is 1210. The average Bonchev–Trinajstić information content (AvgIpc) is 3.17. The molecule has 0 aliphatic carbocycles. The van der Waals surface area contributed by atoms with Gasteiger partial charge in [-0.1, -0.05) is 0 Å². The van der Waals surface area contributed by atoms with Gasteiger partial charge >= 0.3 is 5.97 Å². The number of aryl methyl sites for hydroxylation is 2. The molecular formula is C20H22N4O4S2. The quantitative estimate of drug-likeness (QED) is 0.511. The van der Waals surface area contributed by atoms with Gasteiger partial charge in [0.2, 0.25) is 0 Å². The third-order valence-electron chi connectivity index (χ3n) is 4.96. The van der Waals surface area contributed by atoms with Gasteiger partial charge in [0.15, 0.2) is 0 Å². The lowest BCUT2D eigenvalue weighted by Gasteiger charge is -2.06. The van der Waals surface area contributed by atoms with Crippen molar-refractivity contribution in [2.45, 2.75) is 34.6 Å². The normalized spacial score (nSPS) is 11.0. The zero-order valence-electron chi connectivity index (χ0n) is 17.3. The summed E-state index contributed by atoms with van der Waals surface area (Å²) in [5.74, 6) is -1.82. The van der Waals surface area contributed by atoms with Crippen molar-refractivity contribution in [2.75, 3.05) is 17.7 Å². The number of hydrogen-bond donors (Lipinski definition) is 3. The van der Waals surface area contributed by atoms with Gasteiger partial charge in [-0.3, -0.25) is 9.59 Å². The molecule has 30 heavy (non-hydrogen) atoms. The number of carbonyl (C=O) groups excluding carboxylic acids is 3. The molecule has 0 aliphatic heterocycles. The van der Waals surface area contributed by atoms with Gasteiger partial charge in [0.25, 0.3) is 11.8 Å². The van der Waals surface area contributed by atoms with Crippen LogP contribution in [-0.4, -0.2) is 29.4 Å². The van der Waals surface area contributed by atoms with E-state index >= 15 is 0 Å². The number of fused-ring (bicyclic) bond motifs is 1. The molecule has 3 aromatic heterocycles. The lowest BCUT2D eigenvalue weighted by molar-refractivity contribution is 0.0531. The number of nitrogens with zero attached hydrogens (tertiary/aromatic N) is 1. The highest BCUT2D eigenvalue weighted by atomic mass is 32.1. The van der Waals surface area contributed by atoms with Gasteiger partial charge in [0.1, 0.15) is 19.6 Å². The maximum atomic E-state index is 13.0. The van der Waals surface area contributed by atoms with Gasteiger partial charge in [-0.25, -0.2) is 9.78 Å². The standard InChI is InChI=1S/C20H22N4O4S2/c1-6-28-20(27)14-9(4)12(16(22)25)19(29-14)24-17(26)15-13(21)11-8(3)7(2)10(5)23-18(11)30-15/h6,21H2,1-5H3,(H2,22,25)(H,24,26). The van der Waals surface area contributed by atoms with Crippen molar-refractivity contribution < 1.29 is 19.1 Å². The number of amides is 2. The van der Waals surface area contributed by atoms with E-state index in [0.29, 0.717) is 16.1 Å². The van der Waals surface area contributed by atoms with Gasteiger partial charge in [0, 0.05) is 11.1 Å². The van der Waals surface area contributed by atoms with Crippen LogP contribution in [0.1, 0.15) is 59.0 Å². The first-order valence-corrected chi connectivity index (χ1v) is 10.8. The summed E-state index contributed by atoms with van der Waals surface area (Å²) in [5.41, 5.74) is 15.4. The second-order valence-electron chi connectivity index (χ2n) is 6.77. The number of esters is 1. The van der Waals surface area contributed by atoms with Crippen LogP contribution in [0.15, 0.2) is 0 Å². The van der Waals surface area contributed by atoms with E-state index in [-0.39, 0.29) is 26.9 Å². The van der Waals surface area contributed by atoms with Crippen molar-refractivity contribution in [3.63, 3.8) is 0 Å². The predicted molar refractivity (Wildman–Crippen MR) is 120 cm³/mol. The first-order chi connectivity index (χ1) is 14.1. The van der Waals surface area contributed by atoms with Gasteiger partial charge < -0.3 is 21.5 Å². The summed E-state index contributed by atoms with van der Waals surface area (Å²) in [5, 5.41) is 3.62. The molecule has 2 amide bonds. The van der Waals surface area contributed by atoms with Crippen molar-refractivity contribution in [3.05, 3.63) is 37.7 Å². The average molecular weight is 447 g/mol. The van der Waals surface area contributed by atoms with E-state index < -0.39 is 17.8 Å². The summed E-state index contributed by atoms with van der Waals surface area (Å²) >= 11 is 2.12. The Morgan fingerprint density at radius 3 is 2.30 bits per heavy atom. The topological polar surface area (TPSA) is 137 Å². The summed E-state index contributed by atoms with van der Waals surface area (Å²) in [6, 6.07) is 0. The van der Waals surface area contributed by atoms with Crippen molar-refractivity contribution in [3.8, 4) is 0 Å². The van der Waals surface area contributed by atoms with Crippen LogP contribution >= 0.6 is 22.7 Å². The number of hydrogen-bond acceptors (Lipinski definition) is 8. The summed E-state index contributed by atoms with van der Waals surface area (Å²) in [4.78, 5) is 42.9. The Morgan fingerprint density at radius 1 is 1.03 bits per heavy atom. The lowest BCUT2D eigenvalue weighted by atomic mass is 10.1. The van der Waals surface area contributed by atoms with Crippen LogP contribution in [0, 0.1) is 27.7 Å². The van der Waals surface area contributed by atoms with Crippen LogP contribution in [0.5, 0.6) is 0 Å². The Hall–Kier alpha value is -2.98. The van der Waals surface area contributed by atoms with Gasteiger partial charge in [-0.05, 0) is 51.3 Å². The first-order valence-electron chi connectivity index (χ1n) is 9.15. The second kappa shape index (κ2) is 8.04. The number of nitrogen functional groups attached to an aromatic ring is 1. The summed E-state index contributed by atoms with van der Waals surface area (Å²) < 4.78 is 5.02. The molecule has 10 heteroatoms. The number of nitrogens with two attached hydrogens (primary N) is 2. The Labute approximate surface area is 181 Å². The number of carbonyl (C=O) groups is 3. The van der Waals surface area contributed by atoms with E-state index in [1.165, 1.54) is 11.3 Å². The van der Waals surface area contributed by atoms with Crippen molar-refractivity contribution in [2.24, 2.45) is 5.73 Å². The molecule has 0 spiro atoms. The number of pyridine rings is 1. The molecule has 0 saturated carbocycles. The monoisotopic (exact) mass is 446 g/mol. The van der Waals surface area contributed by atoms with E-state index in [4.69, 9.17) is 16.2 Å². The minimum atomic E-state index is -0.748. The zero-order chi connectivity index (χ0) is 22.3. The molecule has 0 saturated heterocycles. The molecule has 0 radical (unpaired) electrons. The van der Waals surface area contributed by atoms with Gasteiger partial charge in [-0.15, -0.1) is 22.7 Å². The van der Waals surface area contributed by atoms with Crippen molar-refractivity contribution in [1.82, 2.24) is 4.98 Å². The van der Waals surface area contributed by atoms with Crippen LogP contribution < -0.4 is 16.8 Å². The number of rotatable bonds is 5. The molecule has 0 aromatic carbocycles. The van der Waals surface area contributed by atoms with Crippen LogP contribution in [0.4, 0.5) is 10.7 Å². The van der Waals surface area contributed by atoms with Crippen molar-refractivity contribution >= 4 is 61.4 Å². The number of ether oxygens (including phenoxy) is 1. The first kappa shape index (κ1) is 21.7. The largest absolute Gasteiger partial charge is 0.462 e. The van der Waals surface area contributed by atoms with E-state index in [2.05, 4.69) is 10.3 Å². The number of aromatic nitrogens is 1. The third kappa shape index (κ3) is 3.52. The number of nitrogens with one attached hydrogen (secondary N) is 1. The Kier molecular flexibility index (Phi) is 5.82. The second-order valence-corrected chi connectivity index (χ2v) is 8.79. The maximum absolute atomic E-state index is 13.0. The molecular weight excluding hydrogens is 424 g/mol. The van der Waals surface area contributed by atoms with E-state index in [0.717, 1.165) is 33.5 Å². The van der Waals surface area contributed by atoms with E-state index in [9.17, 15) is 14.4 Å². The molecule has 0 unspecified atom stereocenters. The molecule has 0 atom stereocenters. The molecule has 5 N–H and O–H groups in total. The molecule has 3 aromatic rings. The van der Waals surface area contributed by atoms with Crippen LogP contribution in [0.2, 0.25) is 0 Å². The lowest BCUT2D eigenvalue weighted by Crippen LogP contribution is -2.17. The fourth-order valence-corrected chi connectivity index (χ4v) is 5.38. The minimum Gasteiger partial charge on any atom is -0.462 e. The van der Waals surface area contributed by atoms with Crippen LogP contribution in [0.3, 0.4) is 0 Å². The highest BCUT2D eigenvalue weighted by Gasteiger charge is 2.27. The molecule has 158 valence electrons. The van der Waals surface area contributed by atoms with Crippen molar-refractivity contribution in [1.29, 1.82) is 0 Å². The minimum absolute atomic E-state index is 0.0806. The summed E-state index contributed by atoms with van der Waals surface area (Å²) in [6.07, 6.45) is 0. The smallest absolute Gasteiger partial charge is 0.348 e. The number of anilines is 2. The van der Waals surface area contributed by atoms with E-state index in [1.807, 2.05) is 20.8 Å². The molecule has 3 rings (SSSR count). The SMILES string of the molecule is CCOC(=O)c1sc(NC(=O)c2sc3nc(C)c(C)c(C)c3c2N)c(C(N)=O)c1C. The maximum Gasteiger partial charge on any atom is 0.348 e. The van der Waals surface area contributed by atoms with Gasteiger partial charge in [-0.2, -0.15) is 0 Å². The van der Waals surface area contributed by atoms with Crippen LogP contribution in [-0.2, 0) is 4.74 Å². The van der Waals surface area contributed by atoms with Crippen LogP contribution in [0.25, 0.3) is 10.2 Å². The highest BCUT2D eigenvalue weighted by Crippen LogP contribution is 2.38. The molecule has 0 bridgehead atoms. The van der Waals surface area contributed by atoms with Gasteiger partial charge in [0.05, 0.1) is 17.9 Å². The summed E-state index contributed by atoms with van der Waals surface area (Å²) in [6.45, 7) is 9.26. The third-order valence-corrected chi connectivity index (χ3v) is 7.25. The predicted octanol–water partition coefficient (Wildman–Crippen LogP) is 3.70.